The third kappa shape index (κ3) is 2.39. The lowest BCUT2D eigenvalue weighted by molar-refractivity contribution is 0.0455. The van der Waals surface area contributed by atoms with Gasteiger partial charge in [-0.15, -0.1) is 0 Å². The number of nitrogens with zero attached hydrogens (tertiary/aromatic N) is 1. The first-order valence-electron chi connectivity index (χ1n) is 7.65. The maximum absolute atomic E-state index is 9.78. The van der Waals surface area contributed by atoms with E-state index >= 15 is 0 Å². The van der Waals surface area contributed by atoms with Crippen LogP contribution in [-0.4, -0.2) is 36.2 Å². The molecule has 3 fully saturated rings. The Morgan fingerprint density at radius 2 is 1.59 bits per heavy atom. The molecule has 2 saturated carbocycles. The molecule has 1 heterocycles. The van der Waals surface area contributed by atoms with Crippen LogP contribution in [0.15, 0.2) is 0 Å². The Bertz CT molecular complexity index is 248. The second-order valence-electron chi connectivity index (χ2n) is 6.86. The summed E-state index contributed by atoms with van der Waals surface area (Å²) < 4.78 is 0. The lowest BCUT2D eigenvalue weighted by atomic mass is 9.74. The van der Waals surface area contributed by atoms with Gasteiger partial charge in [-0.3, -0.25) is 0 Å². The summed E-state index contributed by atoms with van der Waals surface area (Å²) in [5.74, 6) is 1.99. The summed E-state index contributed by atoms with van der Waals surface area (Å²) in [5, 5.41) is 9.78. The van der Waals surface area contributed by atoms with Gasteiger partial charge in [0.25, 0.3) is 0 Å². The third-order valence-electron chi connectivity index (χ3n) is 5.61. The molecule has 0 bridgehead atoms. The molecular weight excluding hydrogens is 210 g/mol. The lowest BCUT2D eigenvalue weighted by Crippen LogP contribution is -2.41. The van der Waals surface area contributed by atoms with Crippen molar-refractivity contribution in [2.45, 2.75) is 51.4 Å². The number of hydrogen-bond acceptors (Lipinski definition) is 2. The average Bonchev–Trinajstić information content (AvgIpc) is 2.91. The van der Waals surface area contributed by atoms with Gasteiger partial charge >= 0.3 is 0 Å². The van der Waals surface area contributed by atoms with Crippen molar-refractivity contribution >= 4 is 0 Å². The van der Waals surface area contributed by atoms with Crippen LogP contribution in [0.1, 0.15) is 51.4 Å². The fraction of sp³-hybridized carbons (Fsp3) is 1.00. The van der Waals surface area contributed by atoms with Crippen LogP contribution in [0.4, 0.5) is 0 Å². The van der Waals surface area contributed by atoms with Gasteiger partial charge in [0.15, 0.2) is 0 Å². The Hall–Kier alpha value is -0.0800. The van der Waals surface area contributed by atoms with E-state index in [-0.39, 0.29) is 5.41 Å². The van der Waals surface area contributed by atoms with Crippen molar-refractivity contribution in [1.29, 1.82) is 0 Å². The van der Waals surface area contributed by atoms with Crippen LogP contribution in [0.5, 0.6) is 0 Å². The first-order valence-corrected chi connectivity index (χ1v) is 7.65. The molecule has 17 heavy (non-hydrogen) atoms. The molecule has 2 nitrogen and oxygen atoms in total. The van der Waals surface area contributed by atoms with E-state index in [1.54, 1.807) is 0 Å². The van der Waals surface area contributed by atoms with Gasteiger partial charge in [0.2, 0.25) is 0 Å². The highest BCUT2D eigenvalue weighted by molar-refractivity contribution is 4.93. The normalized spacial score (nSPS) is 37.2. The maximum Gasteiger partial charge on any atom is 0.0499 e. The van der Waals surface area contributed by atoms with Crippen molar-refractivity contribution in [3.05, 3.63) is 0 Å². The van der Waals surface area contributed by atoms with Crippen LogP contribution in [0.25, 0.3) is 0 Å². The highest BCUT2D eigenvalue weighted by Crippen LogP contribution is 2.41. The second kappa shape index (κ2) is 4.89. The number of rotatable bonds is 3. The fourth-order valence-electron chi connectivity index (χ4n) is 4.60. The lowest BCUT2D eigenvalue weighted by Gasteiger charge is -2.39. The minimum atomic E-state index is 0.261. The molecule has 0 spiro atoms. The highest BCUT2D eigenvalue weighted by Gasteiger charge is 2.40. The Balaban J connectivity index is 1.58. The second-order valence-corrected chi connectivity index (χ2v) is 6.86. The van der Waals surface area contributed by atoms with Crippen molar-refractivity contribution in [2.75, 3.05) is 26.2 Å². The van der Waals surface area contributed by atoms with Gasteiger partial charge in [0.05, 0.1) is 0 Å². The molecule has 0 aromatic heterocycles. The molecule has 0 amide bonds. The zero-order chi connectivity index (χ0) is 11.7. The highest BCUT2D eigenvalue weighted by atomic mass is 16.3. The topological polar surface area (TPSA) is 23.5 Å². The number of fused-ring (bicyclic) bond motifs is 1. The average molecular weight is 237 g/mol. The number of aliphatic hydroxyl groups is 1. The van der Waals surface area contributed by atoms with Gasteiger partial charge in [0, 0.05) is 31.7 Å². The summed E-state index contributed by atoms with van der Waals surface area (Å²) in [6, 6.07) is 0. The van der Waals surface area contributed by atoms with Crippen molar-refractivity contribution in [1.82, 2.24) is 4.90 Å². The van der Waals surface area contributed by atoms with Crippen LogP contribution in [0.3, 0.4) is 0 Å². The van der Waals surface area contributed by atoms with E-state index in [1.807, 2.05) is 0 Å². The molecule has 1 N–H and O–H groups in total. The van der Waals surface area contributed by atoms with E-state index in [2.05, 4.69) is 4.90 Å². The smallest absolute Gasteiger partial charge is 0.0499 e. The van der Waals surface area contributed by atoms with E-state index in [1.165, 1.54) is 71.0 Å². The van der Waals surface area contributed by atoms with Crippen molar-refractivity contribution < 1.29 is 5.11 Å². The molecule has 2 aliphatic carbocycles. The zero-order valence-electron chi connectivity index (χ0n) is 11.0. The standard InChI is InChI=1S/C15H27NO/c17-12-15(7-2-1-3-8-15)11-16-9-13-5-4-6-14(13)10-16/h13-14,17H,1-12H2. The molecular formula is C15H27NO. The minimum Gasteiger partial charge on any atom is -0.396 e. The summed E-state index contributed by atoms with van der Waals surface area (Å²) in [5.41, 5.74) is 0.261. The molecule has 0 radical (unpaired) electrons. The monoisotopic (exact) mass is 237 g/mol. The van der Waals surface area contributed by atoms with Gasteiger partial charge in [-0.05, 0) is 37.5 Å². The van der Waals surface area contributed by atoms with Gasteiger partial charge in [0.1, 0.15) is 0 Å². The molecule has 2 heteroatoms. The van der Waals surface area contributed by atoms with E-state index < -0.39 is 0 Å². The van der Waals surface area contributed by atoms with Crippen LogP contribution in [0.2, 0.25) is 0 Å². The molecule has 0 aromatic carbocycles. The minimum absolute atomic E-state index is 0.261. The Kier molecular flexibility index (Phi) is 3.45. The number of aliphatic hydroxyl groups excluding tert-OH is 1. The summed E-state index contributed by atoms with van der Waals surface area (Å²) in [6.45, 7) is 4.24. The first-order chi connectivity index (χ1) is 8.31. The predicted octanol–water partition coefficient (Wildman–Crippen LogP) is 2.66. The van der Waals surface area contributed by atoms with Gasteiger partial charge < -0.3 is 10.0 Å². The van der Waals surface area contributed by atoms with Crippen LogP contribution in [0, 0.1) is 17.3 Å². The van der Waals surface area contributed by atoms with E-state index in [0.717, 1.165) is 11.8 Å². The van der Waals surface area contributed by atoms with Crippen LogP contribution >= 0.6 is 0 Å². The van der Waals surface area contributed by atoms with Crippen molar-refractivity contribution in [3.8, 4) is 0 Å². The molecule has 3 aliphatic rings. The molecule has 1 saturated heterocycles. The Labute approximate surface area is 105 Å². The largest absolute Gasteiger partial charge is 0.396 e. The van der Waals surface area contributed by atoms with Crippen molar-refractivity contribution in [3.63, 3.8) is 0 Å². The van der Waals surface area contributed by atoms with E-state index in [0.29, 0.717) is 6.61 Å². The zero-order valence-corrected chi connectivity index (χ0v) is 11.0. The fourth-order valence-corrected chi connectivity index (χ4v) is 4.60. The van der Waals surface area contributed by atoms with Gasteiger partial charge in [-0.2, -0.15) is 0 Å². The maximum atomic E-state index is 9.78. The van der Waals surface area contributed by atoms with Crippen molar-refractivity contribution in [2.24, 2.45) is 17.3 Å². The van der Waals surface area contributed by atoms with Gasteiger partial charge in [-0.25, -0.2) is 0 Å². The quantitative estimate of drug-likeness (QED) is 0.816. The third-order valence-corrected chi connectivity index (χ3v) is 5.61. The summed E-state index contributed by atoms with van der Waals surface area (Å²) in [7, 11) is 0. The molecule has 1 aliphatic heterocycles. The summed E-state index contributed by atoms with van der Waals surface area (Å²) in [6.07, 6.45) is 11.0. The number of hydrogen-bond donors (Lipinski definition) is 1. The van der Waals surface area contributed by atoms with Crippen LogP contribution < -0.4 is 0 Å². The van der Waals surface area contributed by atoms with Gasteiger partial charge in [-0.1, -0.05) is 25.7 Å². The van der Waals surface area contributed by atoms with E-state index in [9.17, 15) is 5.11 Å². The molecule has 2 atom stereocenters. The Morgan fingerprint density at radius 3 is 2.18 bits per heavy atom. The predicted molar refractivity (Wildman–Crippen MR) is 69.9 cm³/mol. The SMILES string of the molecule is OCC1(CN2CC3CCCC3C2)CCCCC1. The van der Waals surface area contributed by atoms with E-state index in [4.69, 9.17) is 0 Å². The molecule has 2 unspecified atom stereocenters. The Morgan fingerprint density at radius 1 is 0.941 bits per heavy atom. The summed E-state index contributed by atoms with van der Waals surface area (Å²) >= 11 is 0. The van der Waals surface area contributed by atoms with Crippen LogP contribution in [-0.2, 0) is 0 Å². The molecule has 0 aromatic rings. The number of likely N-dealkylation sites (tertiary alicyclic amines) is 1. The first kappa shape index (κ1) is 12.0. The summed E-state index contributed by atoms with van der Waals surface area (Å²) in [4.78, 5) is 2.68. The molecule has 3 rings (SSSR count). The molecule has 98 valence electrons.